The minimum atomic E-state index is -1.00. The zero-order valence-corrected chi connectivity index (χ0v) is 15.9. The van der Waals surface area contributed by atoms with Gasteiger partial charge in [0.2, 0.25) is 0 Å². The molecular weight excluding hydrogens is 377 g/mol. The van der Waals surface area contributed by atoms with Crippen LogP contribution in [0.1, 0.15) is 22.3 Å². The summed E-state index contributed by atoms with van der Waals surface area (Å²) in [5, 5.41) is 13.4. The molecule has 0 aliphatic carbocycles. The Bertz CT molecular complexity index is 729. The lowest BCUT2D eigenvalue weighted by Gasteiger charge is -2.13. The molecule has 26 heavy (non-hydrogen) atoms. The zero-order chi connectivity index (χ0) is 18.9. The van der Waals surface area contributed by atoms with E-state index in [2.05, 4.69) is 5.32 Å². The molecule has 0 aliphatic heterocycles. The van der Waals surface area contributed by atoms with Gasteiger partial charge in [0.1, 0.15) is 0 Å². The van der Waals surface area contributed by atoms with E-state index in [1.54, 1.807) is 37.4 Å². The molecule has 2 rings (SSSR count). The summed E-state index contributed by atoms with van der Waals surface area (Å²) in [6, 6.07) is 10.1. The fraction of sp³-hybridized carbons (Fsp3) is 0.316. The Morgan fingerprint density at radius 3 is 2.46 bits per heavy atom. The number of carboxylic acid groups (broad SMARTS) is 1. The van der Waals surface area contributed by atoms with E-state index < -0.39 is 5.97 Å². The van der Waals surface area contributed by atoms with Crippen molar-refractivity contribution in [1.82, 2.24) is 0 Å². The molecule has 0 atom stereocenters. The van der Waals surface area contributed by atoms with Gasteiger partial charge in [-0.05, 0) is 42.7 Å². The summed E-state index contributed by atoms with van der Waals surface area (Å²) >= 11 is 12.7. The van der Waals surface area contributed by atoms with Crippen molar-refractivity contribution < 1.29 is 19.4 Å². The highest BCUT2D eigenvalue weighted by molar-refractivity contribution is 6.36. The zero-order valence-electron chi connectivity index (χ0n) is 14.4. The van der Waals surface area contributed by atoms with Crippen LogP contribution in [-0.2, 0) is 15.9 Å². The lowest BCUT2D eigenvalue weighted by Crippen LogP contribution is -2.04. The predicted molar refractivity (Wildman–Crippen MR) is 104 cm³/mol. The quantitative estimate of drug-likeness (QED) is 0.550. The number of hydrogen-bond acceptors (Lipinski definition) is 4. The molecule has 0 aromatic heterocycles. The number of methoxy groups -OCH3 is 1. The van der Waals surface area contributed by atoms with Gasteiger partial charge in [-0.2, -0.15) is 0 Å². The maximum Gasteiger partial charge on any atom is 0.337 e. The molecule has 2 aromatic rings. The van der Waals surface area contributed by atoms with Crippen LogP contribution in [0.4, 0.5) is 11.4 Å². The van der Waals surface area contributed by atoms with Crippen LogP contribution in [0.2, 0.25) is 10.0 Å². The van der Waals surface area contributed by atoms with Gasteiger partial charge in [0.05, 0.1) is 24.5 Å². The van der Waals surface area contributed by atoms with Crippen molar-refractivity contribution in [1.29, 1.82) is 0 Å². The number of nitrogens with one attached hydrogen (secondary N) is 1. The summed E-state index contributed by atoms with van der Waals surface area (Å²) in [6.07, 6.45) is 1.48. The highest BCUT2D eigenvalue weighted by atomic mass is 35.5. The van der Waals surface area contributed by atoms with Crippen molar-refractivity contribution in [2.24, 2.45) is 0 Å². The van der Waals surface area contributed by atoms with Gasteiger partial charge in [-0.25, -0.2) is 4.79 Å². The summed E-state index contributed by atoms with van der Waals surface area (Å²) < 4.78 is 10.4. The number of ether oxygens (including phenoxy) is 2. The third-order valence-electron chi connectivity index (χ3n) is 3.72. The largest absolute Gasteiger partial charge is 0.478 e. The van der Waals surface area contributed by atoms with Gasteiger partial charge in [-0.3, -0.25) is 0 Å². The Hall–Kier alpha value is -1.79. The molecule has 2 N–H and O–H groups in total. The number of rotatable bonds is 10. The maximum absolute atomic E-state index is 11.3. The summed E-state index contributed by atoms with van der Waals surface area (Å²) in [7, 11) is 1.63. The monoisotopic (exact) mass is 397 g/mol. The predicted octanol–water partition coefficient (Wildman–Crippen LogP) is 5.03. The molecule has 140 valence electrons. The van der Waals surface area contributed by atoms with Crippen molar-refractivity contribution in [2.75, 3.05) is 32.2 Å². The van der Waals surface area contributed by atoms with E-state index in [4.69, 9.17) is 32.7 Å². The normalized spacial score (nSPS) is 10.7. The second-order valence-corrected chi connectivity index (χ2v) is 6.42. The molecule has 0 saturated carbocycles. The number of carbonyl (C=O) groups is 1. The van der Waals surface area contributed by atoms with Crippen molar-refractivity contribution in [2.45, 2.75) is 12.8 Å². The molecule has 0 radical (unpaired) electrons. The second kappa shape index (κ2) is 10.4. The van der Waals surface area contributed by atoms with E-state index in [0.29, 0.717) is 47.7 Å². The molecule has 0 heterocycles. The van der Waals surface area contributed by atoms with Crippen LogP contribution in [-0.4, -0.2) is 38.0 Å². The van der Waals surface area contributed by atoms with E-state index in [1.807, 2.05) is 0 Å². The Kier molecular flexibility index (Phi) is 8.19. The summed E-state index contributed by atoms with van der Waals surface area (Å²) in [4.78, 5) is 11.3. The Morgan fingerprint density at radius 2 is 1.81 bits per heavy atom. The van der Waals surface area contributed by atoms with Crippen LogP contribution in [0.25, 0.3) is 0 Å². The van der Waals surface area contributed by atoms with Crippen molar-refractivity contribution in [3.05, 3.63) is 57.6 Å². The number of carboxylic acids is 1. The standard InChI is InChI=1S/C19H21Cl2NO4/c1-25-9-10-26-8-4-6-14-16(20)11-13(12-17(14)21)22-18-7-3-2-5-15(18)19(23)24/h2-3,5,7,11-12,22H,4,6,8-10H2,1H3,(H,23,24). The average molecular weight is 398 g/mol. The number of hydrogen-bond donors (Lipinski definition) is 2. The molecule has 0 bridgehead atoms. The minimum absolute atomic E-state index is 0.178. The molecule has 2 aromatic carbocycles. The van der Waals surface area contributed by atoms with Gasteiger partial charge in [0, 0.05) is 29.4 Å². The van der Waals surface area contributed by atoms with Crippen molar-refractivity contribution >= 4 is 40.5 Å². The first-order valence-electron chi connectivity index (χ1n) is 8.17. The van der Waals surface area contributed by atoms with Gasteiger partial charge in [-0.15, -0.1) is 0 Å². The van der Waals surface area contributed by atoms with Gasteiger partial charge in [0.25, 0.3) is 0 Å². The summed E-state index contributed by atoms with van der Waals surface area (Å²) in [5.41, 5.74) is 2.14. The van der Waals surface area contributed by atoms with Crippen molar-refractivity contribution in [3.63, 3.8) is 0 Å². The number of benzene rings is 2. The van der Waals surface area contributed by atoms with E-state index in [9.17, 15) is 9.90 Å². The number of aromatic carboxylic acids is 1. The number of para-hydroxylation sites is 1. The molecule has 7 heteroatoms. The number of anilines is 2. The summed E-state index contributed by atoms with van der Waals surface area (Å²) in [5.74, 6) is -1.00. The average Bonchev–Trinajstić information content (AvgIpc) is 2.60. The van der Waals surface area contributed by atoms with Gasteiger partial charge in [0.15, 0.2) is 0 Å². The third-order valence-corrected chi connectivity index (χ3v) is 4.40. The SMILES string of the molecule is COCCOCCCc1c(Cl)cc(Nc2ccccc2C(=O)O)cc1Cl. The number of halogens is 2. The molecule has 0 spiro atoms. The van der Waals surface area contributed by atoms with Crippen LogP contribution >= 0.6 is 23.2 Å². The molecule has 0 saturated heterocycles. The first-order valence-corrected chi connectivity index (χ1v) is 8.92. The van der Waals surface area contributed by atoms with Crippen molar-refractivity contribution in [3.8, 4) is 0 Å². The van der Waals surface area contributed by atoms with E-state index >= 15 is 0 Å². The van der Waals surface area contributed by atoms with Crippen LogP contribution in [0.5, 0.6) is 0 Å². The Balaban J connectivity index is 2.04. The molecular formula is C19H21Cl2NO4. The molecule has 5 nitrogen and oxygen atoms in total. The van der Waals surface area contributed by atoms with Crippen LogP contribution in [0.3, 0.4) is 0 Å². The first-order chi connectivity index (χ1) is 12.5. The smallest absolute Gasteiger partial charge is 0.337 e. The third kappa shape index (κ3) is 5.88. The highest BCUT2D eigenvalue weighted by Crippen LogP contribution is 2.32. The van der Waals surface area contributed by atoms with Crippen LogP contribution in [0, 0.1) is 0 Å². The Morgan fingerprint density at radius 1 is 1.12 bits per heavy atom. The van der Waals surface area contributed by atoms with E-state index in [-0.39, 0.29) is 5.56 Å². The molecule has 0 amide bonds. The molecule has 0 fully saturated rings. The van der Waals surface area contributed by atoms with E-state index in [1.165, 1.54) is 6.07 Å². The van der Waals surface area contributed by atoms with Gasteiger partial charge in [-0.1, -0.05) is 35.3 Å². The van der Waals surface area contributed by atoms with Crippen LogP contribution < -0.4 is 5.32 Å². The summed E-state index contributed by atoms with van der Waals surface area (Å²) in [6.45, 7) is 1.73. The fourth-order valence-corrected chi connectivity index (χ4v) is 3.12. The lowest BCUT2D eigenvalue weighted by atomic mass is 10.1. The van der Waals surface area contributed by atoms with Gasteiger partial charge >= 0.3 is 5.97 Å². The van der Waals surface area contributed by atoms with E-state index in [0.717, 1.165) is 12.0 Å². The van der Waals surface area contributed by atoms with Crippen LogP contribution in [0.15, 0.2) is 36.4 Å². The highest BCUT2D eigenvalue weighted by Gasteiger charge is 2.12. The minimum Gasteiger partial charge on any atom is -0.478 e. The Labute approximate surface area is 162 Å². The second-order valence-electron chi connectivity index (χ2n) is 5.60. The molecule has 0 aliphatic rings. The van der Waals surface area contributed by atoms with Gasteiger partial charge < -0.3 is 19.9 Å². The first kappa shape index (κ1) is 20.5. The lowest BCUT2D eigenvalue weighted by molar-refractivity contribution is 0.0695. The fourth-order valence-electron chi connectivity index (χ4n) is 2.44. The maximum atomic E-state index is 11.3. The molecule has 0 unspecified atom stereocenters. The topological polar surface area (TPSA) is 67.8 Å².